The van der Waals surface area contributed by atoms with E-state index in [1.54, 1.807) is 11.3 Å². The van der Waals surface area contributed by atoms with E-state index < -0.39 is 0 Å². The van der Waals surface area contributed by atoms with Crippen LogP contribution in [-0.4, -0.2) is 13.1 Å². The highest BCUT2D eigenvalue weighted by atomic mass is 32.1. The highest BCUT2D eigenvalue weighted by Gasteiger charge is 2.28. The highest BCUT2D eigenvalue weighted by molar-refractivity contribution is 7.11. The second kappa shape index (κ2) is 4.97. The predicted octanol–water partition coefficient (Wildman–Crippen LogP) is 3.91. The van der Waals surface area contributed by atoms with E-state index in [1.807, 2.05) is 11.4 Å². The van der Waals surface area contributed by atoms with Gasteiger partial charge in [-0.05, 0) is 36.1 Å². The minimum atomic E-state index is -0.330. The molecule has 2 aliphatic rings. The Kier molecular flexibility index (Phi) is 3.06. The maximum atomic E-state index is 14.4. The van der Waals surface area contributed by atoms with Crippen LogP contribution in [0.25, 0.3) is 22.4 Å². The molecule has 1 aromatic heterocycles. The van der Waals surface area contributed by atoms with Gasteiger partial charge < -0.3 is 16.4 Å². The van der Waals surface area contributed by atoms with Gasteiger partial charge in [-0.3, -0.25) is 0 Å². The number of thiophene rings is 1. The molecule has 1 aromatic carbocycles. The molecule has 2 aliphatic heterocycles. The van der Waals surface area contributed by atoms with Gasteiger partial charge in [0.25, 0.3) is 0 Å². The van der Waals surface area contributed by atoms with Crippen molar-refractivity contribution in [2.75, 3.05) is 24.1 Å². The molecule has 3 heterocycles. The molecule has 0 saturated carbocycles. The van der Waals surface area contributed by atoms with E-state index in [9.17, 15) is 4.39 Å². The topological polar surface area (TPSA) is 50.1 Å². The number of nitrogen functional groups attached to an aromatic ring is 1. The quantitative estimate of drug-likeness (QED) is 0.700. The maximum Gasteiger partial charge on any atom is 0.149 e. The van der Waals surface area contributed by atoms with Crippen LogP contribution in [0.5, 0.6) is 0 Å². The molecule has 4 rings (SSSR count). The van der Waals surface area contributed by atoms with Gasteiger partial charge >= 0.3 is 0 Å². The number of nitrogens with two attached hydrogens (primary N) is 1. The lowest BCUT2D eigenvalue weighted by Gasteiger charge is -2.27. The summed E-state index contributed by atoms with van der Waals surface area (Å²) in [5, 5.41) is 8.43. The SMILES string of the molecule is C=C1Nc2c(F)cc(N)c(C3=CCNCC3)c2-c2ccsc21. The molecule has 22 heavy (non-hydrogen) atoms. The van der Waals surface area contributed by atoms with E-state index in [1.165, 1.54) is 11.6 Å². The van der Waals surface area contributed by atoms with Crippen LogP contribution in [0.3, 0.4) is 0 Å². The van der Waals surface area contributed by atoms with Crippen LogP contribution in [0, 0.1) is 5.82 Å². The standard InChI is InChI=1S/C17H16FN3S/c1-9-17-11(4-7-22-17)15-14(10-2-5-20-6-3-10)13(19)8-12(18)16(15)21-9/h2,4,7-8,20-21H,1,3,5-6,19H2. The van der Waals surface area contributed by atoms with E-state index >= 15 is 0 Å². The van der Waals surface area contributed by atoms with Crippen LogP contribution >= 0.6 is 11.3 Å². The summed E-state index contributed by atoms with van der Waals surface area (Å²) in [5.41, 5.74) is 11.9. The van der Waals surface area contributed by atoms with Crippen molar-refractivity contribution in [3.8, 4) is 11.1 Å². The van der Waals surface area contributed by atoms with Gasteiger partial charge in [0, 0.05) is 34.6 Å². The summed E-state index contributed by atoms with van der Waals surface area (Å²) < 4.78 is 14.4. The Labute approximate surface area is 132 Å². The van der Waals surface area contributed by atoms with Gasteiger partial charge in [-0.2, -0.15) is 0 Å². The monoisotopic (exact) mass is 313 g/mol. The summed E-state index contributed by atoms with van der Waals surface area (Å²) in [6.07, 6.45) is 3.03. The van der Waals surface area contributed by atoms with Gasteiger partial charge in [0.2, 0.25) is 0 Å². The van der Waals surface area contributed by atoms with Gasteiger partial charge in [-0.1, -0.05) is 12.7 Å². The smallest absolute Gasteiger partial charge is 0.149 e. The number of halogens is 1. The van der Waals surface area contributed by atoms with Crippen molar-refractivity contribution < 1.29 is 4.39 Å². The molecule has 0 bridgehead atoms. The lowest BCUT2D eigenvalue weighted by molar-refractivity contribution is 0.632. The van der Waals surface area contributed by atoms with Gasteiger partial charge in [0.1, 0.15) is 5.82 Å². The van der Waals surface area contributed by atoms with Crippen LogP contribution in [0.1, 0.15) is 16.9 Å². The number of benzene rings is 1. The number of rotatable bonds is 1. The molecule has 4 N–H and O–H groups in total. The Morgan fingerprint density at radius 3 is 2.95 bits per heavy atom. The summed E-state index contributed by atoms with van der Waals surface area (Å²) in [5.74, 6) is -0.330. The van der Waals surface area contributed by atoms with E-state index in [0.29, 0.717) is 11.4 Å². The van der Waals surface area contributed by atoms with Gasteiger partial charge in [0.05, 0.1) is 10.6 Å². The third-order valence-electron chi connectivity index (χ3n) is 4.18. The van der Waals surface area contributed by atoms with Crippen LogP contribution in [0.4, 0.5) is 15.8 Å². The highest BCUT2D eigenvalue weighted by Crippen LogP contribution is 2.49. The maximum absolute atomic E-state index is 14.4. The average molecular weight is 313 g/mol. The van der Waals surface area contributed by atoms with E-state index in [0.717, 1.165) is 46.8 Å². The molecular weight excluding hydrogens is 297 g/mol. The van der Waals surface area contributed by atoms with E-state index in [-0.39, 0.29) is 5.82 Å². The number of nitrogens with one attached hydrogen (secondary N) is 2. The van der Waals surface area contributed by atoms with E-state index in [4.69, 9.17) is 5.73 Å². The molecule has 0 atom stereocenters. The summed E-state index contributed by atoms with van der Waals surface area (Å²) in [6.45, 7) is 5.74. The minimum Gasteiger partial charge on any atom is -0.398 e. The first-order valence-electron chi connectivity index (χ1n) is 7.23. The minimum absolute atomic E-state index is 0.330. The number of anilines is 2. The van der Waals surface area contributed by atoms with Crippen LogP contribution in [0.15, 0.2) is 30.2 Å². The predicted molar refractivity (Wildman–Crippen MR) is 92.2 cm³/mol. The number of fused-ring (bicyclic) bond motifs is 3. The van der Waals surface area contributed by atoms with Gasteiger partial charge in [0.15, 0.2) is 0 Å². The first kappa shape index (κ1) is 13.5. The average Bonchev–Trinajstić information content (AvgIpc) is 3.00. The largest absolute Gasteiger partial charge is 0.398 e. The molecule has 5 heteroatoms. The van der Waals surface area contributed by atoms with Crippen molar-refractivity contribution in [3.05, 3.63) is 46.4 Å². The fourth-order valence-corrected chi connectivity index (χ4v) is 4.03. The first-order valence-corrected chi connectivity index (χ1v) is 8.11. The summed E-state index contributed by atoms with van der Waals surface area (Å²) in [6, 6.07) is 3.43. The fraction of sp³-hybridized carbons (Fsp3) is 0.176. The molecule has 0 saturated heterocycles. The van der Waals surface area contributed by atoms with Crippen molar-refractivity contribution in [2.45, 2.75) is 6.42 Å². The summed E-state index contributed by atoms with van der Waals surface area (Å²) >= 11 is 1.61. The second-order valence-electron chi connectivity index (χ2n) is 5.52. The van der Waals surface area contributed by atoms with Gasteiger partial charge in [-0.15, -0.1) is 11.3 Å². The molecule has 0 spiro atoms. The fourth-order valence-electron chi connectivity index (χ4n) is 3.20. The van der Waals surface area contributed by atoms with Crippen molar-refractivity contribution >= 4 is 34.0 Å². The molecule has 3 nitrogen and oxygen atoms in total. The molecule has 0 amide bonds. The zero-order valence-corrected chi connectivity index (χ0v) is 12.8. The second-order valence-corrected chi connectivity index (χ2v) is 6.44. The molecule has 0 fully saturated rings. The van der Waals surface area contributed by atoms with E-state index in [2.05, 4.69) is 23.3 Å². The Bertz CT molecular complexity index is 820. The Balaban J connectivity index is 2.04. The van der Waals surface area contributed by atoms with Crippen LogP contribution in [0.2, 0.25) is 0 Å². The van der Waals surface area contributed by atoms with Crippen molar-refractivity contribution in [1.29, 1.82) is 0 Å². The van der Waals surface area contributed by atoms with Gasteiger partial charge in [-0.25, -0.2) is 4.39 Å². The lowest BCUT2D eigenvalue weighted by atomic mass is 9.87. The molecule has 112 valence electrons. The Hall–Kier alpha value is -2.11. The zero-order valence-electron chi connectivity index (χ0n) is 12.0. The van der Waals surface area contributed by atoms with Crippen molar-refractivity contribution in [1.82, 2.24) is 5.32 Å². The molecule has 2 aromatic rings. The van der Waals surface area contributed by atoms with Crippen LogP contribution in [-0.2, 0) is 0 Å². The lowest BCUT2D eigenvalue weighted by Crippen LogP contribution is -2.21. The zero-order chi connectivity index (χ0) is 15.3. The van der Waals surface area contributed by atoms with Crippen molar-refractivity contribution in [3.63, 3.8) is 0 Å². The summed E-state index contributed by atoms with van der Waals surface area (Å²) in [7, 11) is 0. The third-order valence-corrected chi connectivity index (χ3v) is 5.15. The summed E-state index contributed by atoms with van der Waals surface area (Å²) in [4.78, 5) is 1.05. The normalized spacial score (nSPS) is 16.6. The van der Waals surface area contributed by atoms with Crippen molar-refractivity contribution in [2.24, 2.45) is 0 Å². The Morgan fingerprint density at radius 2 is 2.18 bits per heavy atom. The Morgan fingerprint density at radius 1 is 1.32 bits per heavy atom. The molecular formula is C17H16FN3S. The first-order chi connectivity index (χ1) is 10.7. The van der Waals surface area contributed by atoms with Crippen LogP contribution < -0.4 is 16.4 Å². The number of hydrogen-bond acceptors (Lipinski definition) is 4. The molecule has 0 radical (unpaired) electrons. The molecule has 0 aliphatic carbocycles. The number of hydrogen-bond donors (Lipinski definition) is 3. The third kappa shape index (κ3) is 1.90. The molecule has 0 unspecified atom stereocenters.